The van der Waals surface area contributed by atoms with E-state index in [0.29, 0.717) is 21.1 Å². The van der Waals surface area contributed by atoms with Gasteiger partial charge in [-0.05, 0) is 25.1 Å². The number of benzene rings is 1. The number of rotatable bonds is 4. The minimum absolute atomic E-state index is 0.0549. The number of hydrogen-bond donors (Lipinski definition) is 1. The van der Waals surface area contributed by atoms with Crippen molar-refractivity contribution in [2.24, 2.45) is 0 Å². The number of aliphatic hydroxyl groups excluding tert-OH is 1. The van der Waals surface area contributed by atoms with Crippen molar-refractivity contribution in [1.29, 1.82) is 5.26 Å². The summed E-state index contributed by atoms with van der Waals surface area (Å²) >= 11 is 1.16. The molecule has 0 amide bonds. The van der Waals surface area contributed by atoms with Gasteiger partial charge in [-0.3, -0.25) is 10.1 Å². The second-order valence-corrected chi connectivity index (χ2v) is 5.56. The second kappa shape index (κ2) is 5.91. The molecule has 1 heterocycles. The van der Waals surface area contributed by atoms with E-state index < -0.39 is 11.0 Å². The lowest BCUT2D eigenvalue weighted by atomic mass is 10.2. The van der Waals surface area contributed by atoms with Gasteiger partial charge in [0.1, 0.15) is 0 Å². The van der Waals surface area contributed by atoms with Crippen molar-refractivity contribution in [3.8, 4) is 6.07 Å². The maximum Gasteiger partial charge on any atom is 0.304 e. The molecule has 1 N–H and O–H groups in total. The SMILES string of the molecule is C[C@@H](O)c1cc([N+](=O)[O-])c(N(C)c2cccc(C#N)c2)s1. The zero-order chi connectivity index (χ0) is 15.6. The van der Waals surface area contributed by atoms with Crippen LogP contribution in [0.1, 0.15) is 23.5 Å². The molecule has 1 atom stereocenters. The molecule has 0 unspecified atom stereocenters. The van der Waals surface area contributed by atoms with Crippen molar-refractivity contribution in [2.45, 2.75) is 13.0 Å². The summed E-state index contributed by atoms with van der Waals surface area (Å²) in [6, 6.07) is 10.2. The average molecular weight is 303 g/mol. The Bertz CT molecular complexity index is 718. The Hall–Kier alpha value is -2.43. The molecule has 0 fully saturated rings. The van der Waals surface area contributed by atoms with Crippen molar-refractivity contribution in [1.82, 2.24) is 0 Å². The molecule has 108 valence electrons. The van der Waals surface area contributed by atoms with Gasteiger partial charge in [-0.2, -0.15) is 5.26 Å². The van der Waals surface area contributed by atoms with E-state index >= 15 is 0 Å². The van der Waals surface area contributed by atoms with Crippen LogP contribution in [0.15, 0.2) is 30.3 Å². The number of aliphatic hydroxyl groups is 1. The van der Waals surface area contributed by atoms with Gasteiger partial charge in [0, 0.05) is 23.7 Å². The molecule has 7 heteroatoms. The van der Waals surface area contributed by atoms with E-state index in [4.69, 9.17) is 5.26 Å². The minimum Gasteiger partial charge on any atom is -0.388 e. The molecule has 0 aliphatic carbocycles. The van der Waals surface area contributed by atoms with Crippen LogP contribution < -0.4 is 4.90 Å². The topological polar surface area (TPSA) is 90.4 Å². The van der Waals surface area contributed by atoms with Crippen LogP contribution in [0, 0.1) is 21.4 Å². The van der Waals surface area contributed by atoms with E-state index in [0.717, 1.165) is 11.3 Å². The summed E-state index contributed by atoms with van der Waals surface area (Å²) in [6.45, 7) is 1.57. The van der Waals surface area contributed by atoms with Crippen LogP contribution in [-0.2, 0) is 0 Å². The van der Waals surface area contributed by atoms with Crippen LogP contribution in [0.4, 0.5) is 16.4 Å². The van der Waals surface area contributed by atoms with Gasteiger partial charge in [-0.15, -0.1) is 11.3 Å². The van der Waals surface area contributed by atoms with Gasteiger partial charge in [-0.1, -0.05) is 6.07 Å². The number of hydrogen-bond acceptors (Lipinski definition) is 6. The van der Waals surface area contributed by atoms with Crippen LogP contribution >= 0.6 is 11.3 Å². The Kier molecular flexibility index (Phi) is 4.21. The number of nitriles is 1. The van der Waals surface area contributed by atoms with Crippen LogP contribution in [0.25, 0.3) is 0 Å². The monoisotopic (exact) mass is 303 g/mol. The first-order valence-corrected chi connectivity index (χ1v) is 6.95. The van der Waals surface area contributed by atoms with E-state index in [2.05, 4.69) is 0 Å². The molecule has 2 aromatic rings. The third-order valence-electron chi connectivity index (χ3n) is 2.99. The summed E-state index contributed by atoms with van der Waals surface area (Å²) in [5, 5.41) is 30.1. The molecule has 0 aliphatic rings. The van der Waals surface area contributed by atoms with Crippen LogP contribution in [0.3, 0.4) is 0 Å². The van der Waals surface area contributed by atoms with Gasteiger partial charge < -0.3 is 10.0 Å². The third-order valence-corrected chi connectivity index (χ3v) is 4.36. The lowest BCUT2D eigenvalue weighted by molar-refractivity contribution is -0.383. The summed E-state index contributed by atoms with van der Waals surface area (Å²) in [7, 11) is 1.70. The van der Waals surface area contributed by atoms with Gasteiger partial charge in [0.25, 0.3) is 0 Å². The Morgan fingerprint density at radius 1 is 1.48 bits per heavy atom. The highest BCUT2D eigenvalue weighted by Gasteiger charge is 2.24. The Balaban J connectivity index is 2.49. The summed E-state index contributed by atoms with van der Waals surface area (Å²) < 4.78 is 0. The minimum atomic E-state index is -0.763. The zero-order valence-electron chi connectivity index (χ0n) is 11.5. The quantitative estimate of drug-likeness (QED) is 0.691. The molecule has 0 aliphatic heterocycles. The number of nitro groups is 1. The fourth-order valence-electron chi connectivity index (χ4n) is 1.87. The first-order valence-electron chi connectivity index (χ1n) is 6.14. The van der Waals surface area contributed by atoms with Gasteiger partial charge in [-0.25, -0.2) is 0 Å². The van der Waals surface area contributed by atoms with Crippen molar-refractivity contribution >= 4 is 27.7 Å². The highest BCUT2D eigenvalue weighted by Crippen LogP contribution is 2.42. The van der Waals surface area contributed by atoms with Crippen molar-refractivity contribution < 1.29 is 10.0 Å². The van der Waals surface area contributed by atoms with E-state index in [1.54, 1.807) is 43.1 Å². The summed E-state index contributed by atoms with van der Waals surface area (Å²) in [5.74, 6) is 0. The molecular formula is C14H13N3O3S. The van der Waals surface area contributed by atoms with Gasteiger partial charge in [0.2, 0.25) is 0 Å². The van der Waals surface area contributed by atoms with E-state index in [-0.39, 0.29) is 5.69 Å². The molecule has 6 nitrogen and oxygen atoms in total. The van der Waals surface area contributed by atoms with Crippen LogP contribution in [0.2, 0.25) is 0 Å². The highest BCUT2D eigenvalue weighted by molar-refractivity contribution is 7.16. The third kappa shape index (κ3) is 3.02. The molecule has 0 saturated carbocycles. The lowest BCUT2D eigenvalue weighted by Gasteiger charge is -2.17. The summed E-state index contributed by atoms with van der Waals surface area (Å²) in [4.78, 5) is 12.9. The molecule has 0 spiro atoms. The molecule has 21 heavy (non-hydrogen) atoms. The van der Waals surface area contributed by atoms with Crippen LogP contribution in [0.5, 0.6) is 0 Å². The highest BCUT2D eigenvalue weighted by atomic mass is 32.1. The van der Waals surface area contributed by atoms with Crippen LogP contribution in [-0.4, -0.2) is 17.1 Å². The van der Waals surface area contributed by atoms with Gasteiger partial charge >= 0.3 is 5.69 Å². The molecule has 2 rings (SSSR count). The average Bonchev–Trinajstić information content (AvgIpc) is 2.92. The largest absolute Gasteiger partial charge is 0.388 e. The van der Waals surface area contributed by atoms with Crippen molar-refractivity contribution in [3.63, 3.8) is 0 Å². The standard InChI is InChI=1S/C14H13N3O3S/c1-9(18)13-7-12(17(19)20)14(21-13)16(2)11-5-3-4-10(6-11)8-15/h3-7,9,18H,1-2H3/t9-/m1/s1. The first-order chi connectivity index (χ1) is 9.93. The zero-order valence-corrected chi connectivity index (χ0v) is 12.3. The van der Waals surface area contributed by atoms with E-state index in [1.165, 1.54) is 6.07 Å². The Morgan fingerprint density at radius 2 is 2.19 bits per heavy atom. The fourth-order valence-corrected chi connectivity index (χ4v) is 2.91. The Morgan fingerprint density at radius 3 is 2.76 bits per heavy atom. The number of nitrogens with zero attached hydrogens (tertiary/aromatic N) is 3. The van der Waals surface area contributed by atoms with E-state index in [9.17, 15) is 15.2 Å². The lowest BCUT2D eigenvalue weighted by Crippen LogP contribution is -2.09. The Labute approximate surface area is 125 Å². The molecule has 1 aromatic carbocycles. The molecule has 0 bridgehead atoms. The molecule has 1 aromatic heterocycles. The summed E-state index contributed by atoms with van der Waals surface area (Å²) in [5.41, 5.74) is 1.10. The number of anilines is 2. The predicted molar refractivity (Wildman–Crippen MR) is 80.8 cm³/mol. The van der Waals surface area contributed by atoms with Gasteiger partial charge in [0.15, 0.2) is 5.00 Å². The van der Waals surface area contributed by atoms with Gasteiger partial charge in [0.05, 0.1) is 22.7 Å². The molecule has 0 radical (unpaired) electrons. The molecular weight excluding hydrogens is 290 g/mol. The molecule has 0 saturated heterocycles. The maximum absolute atomic E-state index is 11.2. The maximum atomic E-state index is 11.2. The smallest absolute Gasteiger partial charge is 0.304 e. The van der Waals surface area contributed by atoms with Crippen molar-refractivity contribution in [3.05, 3.63) is 50.9 Å². The van der Waals surface area contributed by atoms with Crippen molar-refractivity contribution in [2.75, 3.05) is 11.9 Å². The number of thiophene rings is 1. The van der Waals surface area contributed by atoms with E-state index in [1.807, 2.05) is 6.07 Å². The predicted octanol–water partition coefficient (Wildman–Crippen LogP) is 3.35. The normalized spacial score (nSPS) is 11.7. The summed E-state index contributed by atoms with van der Waals surface area (Å²) in [6.07, 6.45) is -0.763. The fraction of sp³-hybridized carbons (Fsp3) is 0.214. The second-order valence-electron chi connectivity index (χ2n) is 4.49. The first kappa shape index (κ1) is 15.0.